The third-order valence-electron chi connectivity index (χ3n) is 17.5. The van der Waals surface area contributed by atoms with E-state index in [0.29, 0.717) is 11.4 Å². The van der Waals surface area contributed by atoms with E-state index in [1.165, 1.54) is 22.3 Å². The van der Waals surface area contributed by atoms with Crippen molar-refractivity contribution in [3.05, 3.63) is 298 Å². The topological polar surface area (TPSA) is 6.48 Å². The van der Waals surface area contributed by atoms with Gasteiger partial charge in [0.05, 0.1) is 28.8 Å². The predicted octanol–water partition coefficient (Wildman–Crippen LogP) is 21.9. The Balaban J connectivity index is 1.01. The molecule has 4 aliphatic rings. The second-order valence-electron chi connectivity index (χ2n) is 27.3. The zero-order chi connectivity index (χ0) is 59.0. The van der Waals surface area contributed by atoms with Crippen LogP contribution in [-0.4, -0.2) is 6.04 Å². The summed E-state index contributed by atoms with van der Waals surface area (Å²) in [4.78, 5) is 4.35. The molecule has 0 spiro atoms. The van der Waals surface area contributed by atoms with Crippen LogP contribution in [0.3, 0.4) is 0 Å². The van der Waals surface area contributed by atoms with Crippen molar-refractivity contribution in [2.75, 3.05) is 9.80 Å². The lowest BCUT2D eigenvalue weighted by Crippen LogP contribution is -2.38. The third-order valence-corrected chi connectivity index (χ3v) is 17.5. The van der Waals surface area contributed by atoms with Gasteiger partial charge in [-0.15, -0.1) is 0 Å². The molecule has 0 saturated heterocycles. The number of rotatable bonds is 10. The Hall–Kier alpha value is -8.60. The smallest absolute Gasteiger partial charge is 0.147 e. The highest BCUT2D eigenvalue weighted by Crippen LogP contribution is 2.54. The second-order valence-corrected chi connectivity index (χ2v) is 27.3. The van der Waals surface area contributed by atoms with E-state index < -0.39 is 6.04 Å². The first-order valence-corrected chi connectivity index (χ1v) is 29.8. The Labute approximate surface area is 498 Å². The molecule has 0 amide bonds. The van der Waals surface area contributed by atoms with Gasteiger partial charge in [-0.3, -0.25) is 0 Å². The number of nitrogens with zero attached hydrogens (tertiary/aromatic N) is 2. The van der Waals surface area contributed by atoms with Crippen LogP contribution in [0.4, 0.5) is 31.5 Å². The standard InChI is InChI=1S/C80H76F2N2/c1-77(2,3)59-35-21-51(22-36-59)57-33-47-71(65(49-57)53-25-39-61(40-26-53)79(7,8)9)83(73-19-15-13-17-67(73)81)69-45-31-55-30-44-64-70(46-32-56-29-43-63(69)75(55)76(56)64)84(74-20-16-14-18-68(74)82)72-48-34-58(52-23-37-60(38-24-52)78(4,5)6)50-66(72)54-27-41-62(42-28-54)80(10,11)12/h13-50,69,76H,1-12H3. The Morgan fingerprint density at radius 1 is 0.369 bits per heavy atom. The monoisotopic (exact) mass is 1100 g/mol. The maximum Gasteiger partial charge on any atom is 0.147 e. The number of hydrogen-bond acceptors (Lipinski definition) is 2. The summed E-state index contributed by atoms with van der Waals surface area (Å²) in [5.74, 6) is -0.830. The Morgan fingerprint density at radius 2 is 0.798 bits per heavy atom. The van der Waals surface area contributed by atoms with E-state index >= 15 is 8.78 Å². The number of hydrogen-bond donors (Lipinski definition) is 0. The van der Waals surface area contributed by atoms with Crippen LogP contribution < -0.4 is 9.80 Å². The van der Waals surface area contributed by atoms with E-state index in [0.717, 1.165) is 89.4 Å². The van der Waals surface area contributed by atoms with Crippen molar-refractivity contribution in [2.24, 2.45) is 5.92 Å². The molecule has 0 N–H and O–H groups in total. The molecule has 84 heavy (non-hydrogen) atoms. The van der Waals surface area contributed by atoms with Gasteiger partial charge in [-0.05, 0) is 160 Å². The lowest BCUT2D eigenvalue weighted by molar-refractivity contribution is 0.590. The molecule has 0 aromatic heterocycles. The molecule has 0 saturated carbocycles. The minimum Gasteiger partial charge on any atom is -0.327 e. The van der Waals surface area contributed by atoms with Gasteiger partial charge in [0.2, 0.25) is 0 Å². The van der Waals surface area contributed by atoms with Crippen LogP contribution in [0.15, 0.2) is 264 Å². The summed E-state index contributed by atoms with van der Waals surface area (Å²) in [6, 6.07) is 62.8. The van der Waals surface area contributed by atoms with E-state index in [2.05, 4.69) is 275 Å². The van der Waals surface area contributed by atoms with Crippen LogP contribution >= 0.6 is 0 Å². The molecular weight excluding hydrogens is 1030 g/mol. The van der Waals surface area contributed by atoms with Crippen LogP contribution in [0.1, 0.15) is 105 Å². The molecule has 420 valence electrons. The van der Waals surface area contributed by atoms with Crippen molar-refractivity contribution in [3.63, 3.8) is 0 Å². The van der Waals surface area contributed by atoms with Crippen molar-refractivity contribution in [3.8, 4) is 44.5 Å². The van der Waals surface area contributed by atoms with E-state index in [1.807, 2.05) is 24.3 Å². The van der Waals surface area contributed by atoms with Crippen LogP contribution in [0.2, 0.25) is 0 Å². The molecule has 2 atom stereocenters. The summed E-state index contributed by atoms with van der Waals surface area (Å²) in [7, 11) is 0. The van der Waals surface area contributed by atoms with Gasteiger partial charge in [-0.25, -0.2) is 8.78 Å². The summed E-state index contributed by atoms with van der Waals surface area (Å²) >= 11 is 0. The highest BCUT2D eigenvalue weighted by atomic mass is 19.1. The summed E-state index contributed by atoms with van der Waals surface area (Å²) in [6.07, 6.45) is 17.8. The first-order chi connectivity index (χ1) is 40.0. The SMILES string of the molecule is CC(C)(C)c1ccc(-c2ccc(N(C3=C4C=CC5=C6C(=CC=C(C=C3)C46)C(N(c3ccccc3F)c3ccc(-c4ccc(C(C)(C)C)cc4)cc3-c3ccc(C(C)(C)C)cc3)C=C5)c3ccccc3F)c(-c3ccc(C(C)(C)C)cc3)c2)cc1. The van der Waals surface area contributed by atoms with Gasteiger partial charge in [-0.1, -0.05) is 259 Å². The Morgan fingerprint density at radius 3 is 1.27 bits per heavy atom. The summed E-state index contributed by atoms with van der Waals surface area (Å²) < 4.78 is 34.1. The fourth-order valence-electron chi connectivity index (χ4n) is 12.5. The molecule has 0 radical (unpaired) electrons. The molecular formula is C80H76F2N2. The van der Waals surface area contributed by atoms with Gasteiger partial charge < -0.3 is 9.80 Å². The minimum atomic E-state index is -0.416. The molecule has 0 bridgehead atoms. The highest BCUT2D eigenvalue weighted by Gasteiger charge is 2.41. The normalized spacial score (nSPS) is 16.6. The first kappa shape index (κ1) is 55.9. The maximum absolute atomic E-state index is 17.0. The lowest BCUT2D eigenvalue weighted by Gasteiger charge is -2.44. The molecule has 2 unspecified atom stereocenters. The summed E-state index contributed by atoms with van der Waals surface area (Å²) in [6.45, 7) is 26.9. The molecule has 0 fully saturated rings. The number of allylic oxidation sites excluding steroid dienone is 10. The van der Waals surface area contributed by atoms with Crippen molar-refractivity contribution in [2.45, 2.75) is 111 Å². The second kappa shape index (κ2) is 21.2. The molecule has 0 heterocycles. The minimum absolute atomic E-state index is 0.0166. The fourth-order valence-corrected chi connectivity index (χ4v) is 12.5. The van der Waals surface area contributed by atoms with Gasteiger partial charge in [0, 0.05) is 22.7 Å². The molecule has 4 aliphatic carbocycles. The van der Waals surface area contributed by atoms with E-state index in [-0.39, 0.29) is 39.2 Å². The molecule has 12 rings (SSSR count). The van der Waals surface area contributed by atoms with Crippen LogP contribution in [0.5, 0.6) is 0 Å². The van der Waals surface area contributed by atoms with Crippen molar-refractivity contribution >= 4 is 22.7 Å². The van der Waals surface area contributed by atoms with Crippen LogP contribution in [-0.2, 0) is 21.7 Å². The quantitative estimate of drug-likeness (QED) is 0.135. The number of para-hydroxylation sites is 2. The average Bonchev–Trinajstić information content (AvgIpc) is 0.932. The van der Waals surface area contributed by atoms with Gasteiger partial charge in [0.25, 0.3) is 0 Å². The van der Waals surface area contributed by atoms with E-state index in [1.54, 1.807) is 24.3 Å². The lowest BCUT2D eigenvalue weighted by atomic mass is 9.67. The largest absolute Gasteiger partial charge is 0.327 e. The Kier molecular flexibility index (Phi) is 14.1. The van der Waals surface area contributed by atoms with E-state index in [4.69, 9.17) is 0 Å². The molecule has 4 heteroatoms. The highest BCUT2D eigenvalue weighted by molar-refractivity contribution is 5.91. The Bertz CT molecular complexity index is 4090. The molecule has 8 aromatic rings. The van der Waals surface area contributed by atoms with Gasteiger partial charge in [-0.2, -0.15) is 0 Å². The third kappa shape index (κ3) is 10.5. The van der Waals surface area contributed by atoms with Crippen molar-refractivity contribution in [1.29, 1.82) is 0 Å². The van der Waals surface area contributed by atoms with E-state index in [9.17, 15) is 0 Å². The zero-order valence-corrected chi connectivity index (χ0v) is 50.7. The van der Waals surface area contributed by atoms with Crippen LogP contribution in [0.25, 0.3) is 44.5 Å². The fraction of sp³-hybridized carbons (Fsp3) is 0.225. The molecule has 2 nitrogen and oxygen atoms in total. The average molecular weight is 1100 g/mol. The van der Waals surface area contributed by atoms with Crippen LogP contribution in [0, 0.1) is 17.6 Å². The number of halogens is 2. The predicted molar refractivity (Wildman–Crippen MR) is 351 cm³/mol. The maximum atomic E-state index is 17.0. The molecule has 8 aromatic carbocycles. The summed E-state index contributed by atoms with van der Waals surface area (Å²) in [5.41, 5.74) is 22.6. The first-order valence-electron chi connectivity index (χ1n) is 29.8. The zero-order valence-electron chi connectivity index (χ0n) is 50.7. The number of anilines is 4. The van der Waals surface area contributed by atoms with Gasteiger partial charge >= 0.3 is 0 Å². The van der Waals surface area contributed by atoms with Gasteiger partial charge in [0.15, 0.2) is 0 Å². The summed E-state index contributed by atoms with van der Waals surface area (Å²) in [5, 5.41) is 0. The molecule has 0 aliphatic heterocycles. The van der Waals surface area contributed by atoms with Gasteiger partial charge in [0.1, 0.15) is 11.6 Å². The number of benzene rings is 8. The van der Waals surface area contributed by atoms with Crippen molar-refractivity contribution in [1.82, 2.24) is 0 Å². The van der Waals surface area contributed by atoms with Crippen molar-refractivity contribution < 1.29 is 8.78 Å².